The van der Waals surface area contributed by atoms with Gasteiger partial charge in [-0.05, 0) is 30.3 Å². The van der Waals surface area contributed by atoms with Crippen LogP contribution in [0.2, 0.25) is 0 Å². The molecule has 0 amide bonds. The molecule has 0 spiro atoms. The van der Waals surface area contributed by atoms with Gasteiger partial charge in [-0.15, -0.1) is 0 Å². The summed E-state index contributed by atoms with van der Waals surface area (Å²) >= 11 is 1.22. The van der Waals surface area contributed by atoms with Crippen LogP contribution in [0.3, 0.4) is 0 Å². The first-order valence-electron chi connectivity index (χ1n) is 4.92. The summed E-state index contributed by atoms with van der Waals surface area (Å²) in [6.45, 7) is 0. The molecule has 0 aliphatic rings. The Morgan fingerprint density at radius 1 is 1.12 bits per heavy atom. The van der Waals surface area contributed by atoms with E-state index in [1.54, 1.807) is 36.4 Å². The number of halogens is 1. The smallest absolute Gasteiger partial charge is 0.137 e. The molecule has 2 nitrogen and oxygen atoms in total. The number of hydrogen-bond acceptors (Lipinski definition) is 3. The van der Waals surface area contributed by atoms with E-state index in [4.69, 9.17) is 11.0 Å². The molecule has 0 radical (unpaired) electrons. The third kappa shape index (κ3) is 2.58. The molecular formula is C13H9FN2S. The second-order valence-corrected chi connectivity index (χ2v) is 4.48. The molecule has 2 aromatic carbocycles. The zero-order valence-electron chi connectivity index (χ0n) is 8.85. The van der Waals surface area contributed by atoms with Crippen molar-refractivity contribution < 1.29 is 4.39 Å². The molecule has 4 heteroatoms. The minimum absolute atomic E-state index is 0.293. The lowest BCUT2D eigenvalue weighted by atomic mass is 10.2. The van der Waals surface area contributed by atoms with Gasteiger partial charge in [0.25, 0.3) is 0 Å². The number of nitrogens with two attached hydrogens (primary N) is 1. The van der Waals surface area contributed by atoms with E-state index in [0.29, 0.717) is 21.0 Å². The first kappa shape index (κ1) is 11.5. The number of nitrogens with zero attached hydrogens (tertiary/aromatic N) is 1. The predicted octanol–water partition coefficient (Wildman–Crippen LogP) is 3.43. The van der Waals surface area contributed by atoms with Crippen molar-refractivity contribution in [2.75, 3.05) is 5.73 Å². The van der Waals surface area contributed by atoms with E-state index in [1.165, 1.54) is 17.8 Å². The van der Waals surface area contributed by atoms with Gasteiger partial charge in [-0.3, -0.25) is 0 Å². The highest BCUT2D eigenvalue weighted by molar-refractivity contribution is 7.99. The summed E-state index contributed by atoms with van der Waals surface area (Å²) in [5.74, 6) is -0.293. The zero-order chi connectivity index (χ0) is 12.3. The summed E-state index contributed by atoms with van der Waals surface area (Å²) < 4.78 is 13.5. The third-order valence-corrected chi connectivity index (χ3v) is 3.31. The van der Waals surface area contributed by atoms with Gasteiger partial charge in [0, 0.05) is 15.5 Å². The van der Waals surface area contributed by atoms with Gasteiger partial charge in [-0.25, -0.2) is 4.39 Å². The minimum Gasteiger partial charge on any atom is -0.399 e. The van der Waals surface area contributed by atoms with Crippen LogP contribution >= 0.6 is 11.8 Å². The fraction of sp³-hybridized carbons (Fsp3) is 0. The molecule has 84 valence electrons. The number of rotatable bonds is 2. The lowest BCUT2D eigenvalue weighted by Gasteiger charge is -2.05. The van der Waals surface area contributed by atoms with Crippen LogP contribution in [0.1, 0.15) is 5.56 Å². The van der Waals surface area contributed by atoms with Gasteiger partial charge in [0.1, 0.15) is 11.9 Å². The molecule has 0 aliphatic carbocycles. The van der Waals surface area contributed by atoms with Crippen molar-refractivity contribution >= 4 is 17.4 Å². The molecule has 2 rings (SSSR count). The van der Waals surface area contributed by atoms with Crippen molar-refractivity contribution in [3.8, 4) is 6.07 Å². The lowest BCUT2D eigenvalue weighted by molar-refractivity contribution is 0.602. The third-order valence-electron chi connectivity index (χ3n) is 2.18. The first-order chi connectivity index (χ1) is 8.20. The minimum atomic E-state index is -0.293. The molecule has 0 saturated carbocycles. The Bertz CT molecular complexity index is 590. The van der Waals surface area contributed by atoms with Crippen molar-refractivity contribution in [1.82, 2.24) is 0 Å². The number of hydrogen-bond donors (Lipinski definition) is 1. The molecular weight excluding hydrogens is 235 g/mol. The van der Waals surface area contributed by atoms with Crippen molar-refractivity contribution in [3.63, 3.8) is 0 Å². The number of nitriles is 1. The summed E-state index contributed by atoms with van der Waals surface area (Å²) in [6, 6.07) is 13.5. The predicted molar refractivity (Wildman–Crippen MR) is 66.1 cm³/mol. The molecule has 0 aromatic heterocycles. The number of nitrogen functional groups attached to an aromatic ring is 1. The molecule has 0 saturated heterocycles. The SMILES string of the molecule is N#Cc1cc(N)ccc1Sc1ccccc1F. The van der Waals surface area contributed by atoms with Crippen LogP contribution in [0.4, 0.5) is 10.1 Å². The Kier molecular flexibility index (Phi) is 3.31. The molecule has 0 atom stereocenters. The standard InChI is InChI=1S/C13H9FN2S/c14-11-3-1-2-4-13(11)17-12-6-5-10(16)7-9(12)8-15/h1-7H,16H2. The van der Waals surface area contributed by atoms with Gasteiger partial charge < -0.3 is 5.73 Å². The Morgan fingerprint density at radius 2 is 1.88 bits per heavy atom. The second kappa shape index (κ2) is 4.89. The van der Waals surface area contributed by atoms with Gasteiger partial charge in [-0.1, -0.05) is 23.9 Å². The van der Waals surface area contributed by atoms with Crippen LogP contribution < -0.4 is 5.73 Å². The number of anilines is 1. The maximum Gasteiger partial charge on any atom is 0.137 e. The Morgan fingerprint density at radius 3 is 2.59 bits per heavy atom. The molecule has 0 aliphatic heterocycles. The quantitative estimate of drug-likeness (QED) is 0.823. The summed E-state index contributed by atoms with van der Waals surface area (Å²) in [6.07, 6.45) is 0. The first-order valence-corrected chi connectivity index (χ1v) is 5.74. The van der Waals surface area contributed by atoms with E-state index in [2.05, 4.69) is 6.07 Å². The average molecular weight is 244 g/mol. The van der Waals surface area contributed by atoms with Crippen LogP contribution in [0.25, 0.3) is 0 Å². The van der Waals surface area contributed by atoms with E-state index in [-0.39, 0.29) is 5.82 Å². The van der Waals surface area contributed by atoms with Crippen molar-refractivity contribution in [1.29, 1.82) is 5.26 Å². The largest absolute Gasteiger partial charge is 0.399 e. The van der Waals surface area contributed by atoms with E-state index in [0.717, 1.165) is 0 Å². The van der Waals surface area contributed by atoms with Crippen molar-refractivity contribution in [2.45, 2.75) is 9.79 Å². The topological polar surface area (TPSA) is 49.8 Å². The Hall–Kier alpha value is -1.99. The Balaban J connectivity index is 2.37. The van der Waals surface area contributed by atoms with Crippen LogP contribution in [-0.4, -0.2) is 0 Å². The highest BCUT2D eigenvalue weighted by Crippen LogP contribution is 2.32. The average Bonchev–Trinajstić information content (AvgIpc) is 2.34. The Labute approximate surface area is 103 Å². The lowest BCUT2D eigenvalue weighted by Crippen LogP contribution is -1.88. The van der Waals surface area contributed by atoms with Crippen LogP contribution in [0.5, 0.6) is 0 Å². The normalized spacial score (nSPS) is 9.88. The van der Waals surface area contributed by atoms with Gasteiger partial charge in [-0.2, -0.15) is 5.26 Å². The fourth-order valence-electron chi connectivity index (χ4n) is 1.37. The van der Waals surface area contributed by atoms with Crippen LogP contribution in [-0.2, 0) is 0 Å². The monoisotopic (exact) mass is 244 g/mol. The van der Waals surface area contributed by atoms with Gasteiger partial charge in [0.15, 0.2) is 0 Å². The summed E-state index contributed by atoms with van der Waals surface area (Å²) in [5.41, 5.74) is 6.58. The van der Waals surface area contributed by atoms with Gasteiger partial charge >= 0.3 is 0 Å². The van der Waals surface area contributed by atoms with Gasteiger partial charge in [0.2, 0.25) is 0 Å². The van der Waals surface area contributed by atoms with Crippen molar-refractivity contribution in [3.05, 3.63) is 53.8 Å². The van der Waals surface area contributed by atoms with Crippen LogP contribution in [0.15, 0.2) is 52.3 Å². The van der Waals surface area contributed by atoms with E-state index >= 15 is 0 Å². The number of benzene rings is 2. The molecule has 0 bridgehead atoms. The molecule has 0 unspecified atom stereocenters. The maximum atomic E-state index is 13.5. The van der Waals surface area contributed by atoms with E-state index < -0.39 is 0 Å². The molecule has 2 aromatic rings. The highest BCUT2D eigenvalue weighted by Gasteiger charge is 2.07. The molecule has 0 heterocycles. The molecule has 0 fully saturated rings. The maximum absolute atomic E-state index is 13.5. The summed E-state index contributed by atoms with van der Waals surface area (Å²) in [4.78, 5) is 1.19. The summed E-state index contributed by atoms with van der Waals surface area (Å²) in [5, 5.41) is 8.98. The zero-order valence-corrected chi connectivity index (χ0v) is 9.67. The second-order valence-electron chi connectivity index (χ2n) is 3.40. The van der Waals surface area contributed by atoms with E-state index in [9.17, 15) is 4.39 Å². The molecule has 2 N–H and O–H groups in total. The van der Waals surface area contributed by atoms with E-state index in [1.807, 2.05) is 0 Å². The van der Waals surface area contributed by atoms with Gasteiger partial charge in [0.05, 0.1) is 5.56 Å². The molecule has 17 heavy (non-hydrogen) atoms. The van der Waals surface area contributed by atoms with Crippen molar-refractivity contribution in [2.24, 2.45) is 0 Å². The fourth-order valence-corrected chi connectivity index (χ4v) is 2.27. The highest BCUT2D eigenvalue weighted by atomic mass is 32.2. The summed E-state index contributed by atoms with van der Waals surface area (Å²) in [7, 11) is 0. The van der Waals surface area contributed by atoms with Crippen LogP contribution in [0, 0.1) is 17.1 Å².